The lowest BCUT2D eigenvalue weighted by Gasteiger charge is -2.40. The monoisotopic (exact) mass is 278 g/mol. The van der Waals surface area contributed by atoms with E-state index in [2.05, 4.69) is 0 Å². The van der Waals surface area contributed by atoms with E-state index in [0.717, 1.165) is 16.9 Å². The molecule has 2 aliphatic rings. The first-order chi connectivity index (χ1) is 9.64. The SMILES string of the molecule is COc1cccc2c1CC1(OCCO1)C(CC(=O)O)C2. The molecule has 1 saturated heterocycles. The van der Waals surface area contributed by atoms with Gasteiger partial charge in [0.25, 0.3) is 0 Å². The quantitative estimate of drug-likeness (QED) is 0.910. The molecule has 5 nitrogen and oxygen atoms in total. The van der Waals surface area contributed by atoms with Crippen LogP contribution >= 0.6 is 0 Å². The van der Waals surface area contributed by atoms with E-state index < -0.39 is 11.8 Å². The van der Waals surface area contributed by atoms with Gasteiger partial charge in [0.05, 0.1) is 26.7 Å². The third-order valence-corrected chi connectivity index (χ3v) is 4.16. The fourth-order valence-electron chi connectivity index (χ4n) is 3.25. The van der Waals surface area contributed by atoms with Crippen LogP contribution in [0.25, 0.3) is 0 Å². The number of carboxylic acid groups (broad SMARTS) is 1. The highest BCUT2D eigenvalue weighted by Crippen LogP contribution is 2.43. The molecule has 5 heteroatoms. The summed E-state index contributed by atoms with van der Waals surface area (Å²) in [7, 11) is 1.64. The molecule has 1 aliphatic carbocycles. The fraction of sp³-hybridized carbons (Fsp3) is 0.533. The minimum Gasteiger partial charge on any atom is -0.496 e. The molecule has 1 atom stereocenters. The van der Waals surface area contributed by atoms with Crippen LogP contribution in [0, 0.1) is 5.92 Å². The van der Waals surface area contributed by atoms with Gasteiger partial charge in [0, 0.05) is 17.9 Å². The van der Waals surface area contributed by atoms with Gasteiger partial charge in [-0.2, -0.15) is 0 Å². The molecule has 0 radical (unpaired) electrons. The van der Waals surface area contributed by atoms with E-state index in [-0.39, 0.29) is 12.3 Å². The molecule has 108 valence electrons. The molecule has 1 aromatic rings. The number of carbonyl (C=O) groups is 1. The van der Waals surface area contributed by atoms with E-state index >= 15 is 0 Å². The van der Waals surface area contributed by atoms with E-state index in [9.17, 15) is 4.79 Å². The van der Waals surface area contributed by atoms with Crippen LogP contribution in [0.2, 0.25) is 0 Å². The number of ether oxygens (including phenoxy) is 3. The maximum Gasteiger partial charge on any atom is 0.303 e. The summed E-state index contributed by atoms with van der Waals surface area (Å²) in [6.07, 6.45) is 1.24. The van der Waals surface area contributed by atoms with Crippen LogP contribution in [-0.4, -0.2) is 37.2 Å². The summed E-state index contributed by atoms with van der Waals surface area (Å²) in [4.78, 5) is 11.1. The Kier molecular flexibility index (Phi) is 3.40. The number of benzene rings is 1. The topological polar surface area (TPSA) is 65.0 Å². The first-order valence-electron chi connectivity index (χ1n) is 6.79. The Balaban J connectivity index is 1.99. The molecule has 1 fully saturated rings. The number of hydrogen-bond donors (Lipinski definition) is 1. The molecule has 0 bridgehead atoms. The molecule has 1 unspecified atom stereocenters. The maximum absolute atomic E-state index is 11.1. The Morgan fingerprint density at radius 2 is 2.20 bits per heavy atom. The van der Waals surface area contributed by atoms with Crippen molar-refractivity contribution in [3.8, 4) is 5.75 Å². The number of rotatable bonds is 3. The van der Waals surface area contributed by atoms with Crippen LogP contribution in [0.3, 0.4) is 0 Å². The predicted molar refractivity (Wildman–Crippen MR) is 70.8 cm³/mol. The summed E-state index contributed by atoms with van der Waals surface area (Å²) >= 11 is 0. The van der Waals surface area contributed by atoms with Gasteiger partial charge in [-0.05, 0) is 18.1 Å². The van der Waals surface area contributed by atoms with Gasteiger partial charge in [0.15, 0.2) is 5.79 Å². The summed E-state index contributed by atoms with van der Waals surface area (Å²) in [5.74, 6) is -0.975. The van der Waals surface area contributed by atoms with E-state index in [1.54, 1.807) is 7.11 Å². The third kappa shape index (κ3) is 2.17. The summed E-state index contributed by atoms with van der Waals surface area (Å²) in [6.45, 7) is 1.03. The van der Waals surface area contributed by atoms with Crippen molar-refractivity contribution in [2.45, 2.75) is 25.0 Å². The summed E-state index contributed by atoms with van der Waals surface area (Å²) < 4.78 is 17.0. The van der Waals surface area contributed by atoms with Crippen molar-refractivity contribution < 1.29 is 24.1 Å². The number of aliphatic carboxylic acids is 1. The second kappa shape index (κ2) is 5.07. The van der Waals surface area contributed by atoms with Gasteiger partial charge in [-0.15, -0.1) is 0 Å². The molecule has 3 rings (SSSR count). The number of fused-ring (bicyclic) bond motifs is 1. The number of carboxylic acids is 1. The lowest BCUT2D eigenvalue weighted by atomic mass is 9.77. The first-order valence-corrected chi connectivity index (χ1v) is 6.79. The Morgan fingerprint density at radius 1 is 1.45 bits per heavy atom. The zero-order valence-corrected chi connectivity index (χ0v) is 11.4. The molecule has 0 aromatic heterocycles. The second-order valence-electron chi connectivity index (χ2n) is 5.28. The van der Waals surface area contributed by atoms with Crippen molar-refractivity contribution in [3.63, 3.8) is 0 Å². The van der Waals surface area contributed by atoms with Crippen molar-refractivity contribution in [1.29, 1.82) is 0 Å². The molecule has 1 aromatic carbocycles. The van der Waals surface area contributed by atoms with Crippen LogP contribution in [-0.2, 0) is 27.1 Å². The fourth-order valence-corrected chi connectivity index (χ4v) is 3.25. The predicted octanol–water partition coefficient (Wildman–Crippen LogP) is 1.63. The molecule has 1 aliphatic heterocycles. The zero-order chi connectivity index (χ0) is 14.2. The van der Waals surface area contributed by atoms with Gasteiger partial charge in [-0.1, -0.05) is 12.1 Å². The van der Waals surface area contributed by atoms with E-state index in [0.29, 0.717) is 26.1 Å². The van der Waals surface area contributed by atoms with Crippen LogP contribution < -0.4 is 4.74 Å². The molecule has 1 N–H and O–H groups in total. The minimum absolute atomic E-state index is 0.0522. The Labute approximate surface area is 117 Å². The molecule has 0 saturated carbocycles. The largest absolute Gasteiger partial charge is 0.496 e. The van der Waals surface area contributed by atoms with Crippen LogP contribution in [0.1, 0.15) is 17.5 Å². The van der Waals surface area contributed by atoms with Gasteiger partial charge in [-0.25, -0.2) is 0 Å². The van der Waals surface area contributed by atoms with Gasteiger partial charge in [0.2, 0.25) is 0 Å². The average Bonchev–Trinajstić information content (AvgIpc) is 2.88. The van der Waals surface area contributed by atoms with Gasteiger partial charge < -0.3 is 19.3 Å². The van der Waals surface area contributed by atoms with Crippen molar-refractivity contribution in [1.82, 2.24) is 0 Å². The molecule has 20 heavy (non-hydrogen) atoms. The van der Waals surface area contributed by atoms with Crippen LogP contribution in [0.5, 0.6) is 5.75 Å². The normalized spacial score (nSPS) is 23.6. The Hall–Kier alpha value is -1.59. The average molecular weight is 278 g/mol. The third-order valence-electron chi connectivity index (χ3n) is 4.16. The summed E-state index contributed by atoms with van der Waals surface area (Å²) in [5, 5.41) is 9.12. The standard InChI is InChI=1S/C15H18O5/c1-18-13-4-2-3-10-7-11(8-14(16)17)15(9-12(10)13)19-5-6-20-15/h2-4,11H,5-9H2,1H3,(H,16,17). The highest BCUT2D eigenvalue weighted by Gasteiger charge is 2.49. The first kappa shape index (κ1) is 13.4. The van der Waals surface area contributed by atoms with Crippen LogP contribution in [0.15, 0.2) is 18.2 Å². The Morgan fingerprint density at radius 3 is 2.85 bits per heavy atom. The van der Waals surface area contributed by atoms with Gasteiger partial charge >= 0.3 is 5.97 Å². The lowest BCUT2D eigenvalue weighted by Crippen LogP contribution is -2.46. The van der Waals surface area contributed by atoms with E-state index in [4.69, 9.17) is 19.3 Å². The number of methoxy groups -OCH3 is 1. The maximum atomic E-state index is 11.1. The smallest absolute Gasteiger partial charge is 0.303 e. The van der Waals surface area contributed by atoms with Crippen molar-refractivity contribution in [2.75, 3.05) is 20.3 Å². The molecular weight excluding hydrogens is 260 g/mol. The summed E-state index contributed by atoms with van der Waals surface area (Å²) in [6, 6.07) is 5.87. The minimum atomic E-state index is -0.820. The molecular formula is C15H18O5. The number of hydrogen-bond acceptors (Lipinski definition) is 4. The summed E-state index contributed by atoms with van der Waals surface area (Å²) in [5.41, 5.74) is 2.19. The van der Waals surface area contributed by atoms with Gasteiger partial charge in [0.1, 0.15) is 5.75 Å². The molecule has 1 spiro atoms. The van der Waals surface area contributed by atoms with Crippen molar-refractivity contribution >= 4 is 5.97 Å². The second-order valence-corrected chi connectivity index (χ2v) is 5.28. The van der Waals surface area contributed by atoms with Gasteiger partial charge in [-0.3, -0.25) is 4.79 Å². The van der Waals surface area contributed by atoms with E-state index in [1.165, 1.54) is 0 Å². The van der Waals surface area contributed by atoms with E-state index in [1.807, 2.05) is 18.2 Å². The Bertz CT molecular complexity index is 519. The van der Waals surface area contributed by atoms with Crippen molar-refractivity contribution in [2.24, 2.45) is 5.92 Å². The molecule has 0 amide bonds. The zero-order valence-electron chi connectivity index (χ0n) is 11.4. The highest BCUT2D eigenvalue weighted by atomic mass is 16.7. The van der Waals surface area contributed by atoms with Crippen molar-refractivity contribution in [3.05, 3.63) is 29.3 Å². The lowest BCUT2D eigenvalue weighted by molar-refractivity contribution is -0.203. The highest BCUT2D eigenvalue weighted by molar-refractivity contribution is 5.67. The van der Waals surface area contributed by atoms with Crippen LogP contribution in [0.4, 0.5) is 0 Å². The molecule has 1 heterocycles.